The molecule has 7 rings (SSSR count). The van der Waals surface area contributed by atoms with Crippen LogP contribution in [0, 0.1) is 0 Å². The average molecular weight is 588 g/mol. The molecule has 12 heteroatoms. The molecule has 2 unspecified atom stereocenters. The predicted octanol–water partition coefficient (Wildman–Crippen LogP) is 3.41. The molecule has 2 atom stereocenters. The number of H-pyrrole nitrogens is 1. The summed E-state index contributed by atoms with van der Waals surface area (Å²) >= 11 is 1.76. The number of rotatable bonds is 6. The van der Waals surface area contributed by atoms with Crippen LogP contribution in [-0.4, -0.2) is 88.5 Å². The second kappa shape index (κ2) is 11.4. The van der Waals surface area contributed by atoms with E-state index in [-0.39, 0.29) is 18.0 Å². The number of carbonyl (C=O) groups is 2. The van der Waals surface area contributed by atoms with Crippen LogP contribution in [0.25, 0.3) is 32.5 Å². The topological polar surface area (TPSA) is 126 Å². The number of ether oxygens (including phenoxy) is 2. The Balaban J connectivity index is 1.12. The van der Waals surface area contributed by atoms with Crippen molar-refractivity contribution in [2.45, 2.75) is 44.9 Å². The van der Waals surface area contributed by atoms with Crippen molar-refractivity contribution in [1.29, 1.82) is 0 Å². The van der Waals surface area contributed by atoms with Gasteiger partial charge in [-0.15, -0.1) is 11.3 Å². The fraction of sp³-hybridized carbons (Fsp3) is 0.433. The maximum atomic E-state index is 12.7. The molecular weight excluding hydrogens is 554 g/mol. The number of hydrogen-bond acceptors (Lipinski definition) is 10. The Bertz CT molecular complexity index is 1670. The lowest BCUT2D eigenvalue weighted by atomic mass is 10.0. The van der Waals surface area contributed by atoms with Crippen LogP contribution < -0.4 is 10.2 Å². The van der Waals surface area contributed by atoms with Crippen LogP contribution in [0.2, 0.25) is 0 Å². The number of aromatic amines is 1. The zero-order valence-electron chi connectivity index (χ0n) is 23.5. The Hall–Kier alpha value is -3.87. The van der Waals surface area contributed by atoms with Gasteiger partial charge in [0.05, 0.1) is 35.1 Å². The highest BCUT2D eigenvalue weighted by Crippen LogP contribution is 2.36. The highest BCUT2D eigenvalue weighted by molar-refractivity contribution is 7.19. The van der Waals surface area contributed by atoms with Gasteiger partial charge in [-0.1, -0.05) is 18.2 Å². The zero-order valence-corrected chi connectivity index (χ0v) is 24.3. The largest absolute Gasteiger partial charge is 0.458 e. The summed E-state index contributed by atoms with van der Waals surface area (Å²) < 4.78 is 11.7. The van der Waals surface area contributed by atoms with Crippen LogP contribution in [0.15, 0.2) is 42.1 Å². The first-order valence-corrected chi connectivity index (χ1v) is 15.3. The minimum Gasteiger partial charge on any atom is -0.458 e. The lowest BCUT2D eigenvalue weighted by Gasteiger charge is -2.33. The van der Waals surface area contributed by atoms with E-state index in [1.54, 1.807) is 18.3 Å². The lowest BCUT2D eigenvalue weighted by Crippen LogP contribution is -2.58. The van der Waals surface area contributed by atoms with Gasteiger partial charge in [0.15, 0.2) is 17.7 Å². The first-order chi connectivity index (χ1) is 20.5. The van der Waals surface area contributed by atoms with Gasteiger partial charge in [0, 0.05) is 47.6 Å². The quantitative estimate of drug-likeness (QED) is 0.327. The van der Waals surface area contributed by atoms with Crippen LogP contribution in [0.4, 0.5) is 5.82 Å². The summed E-state index contributed by atoms with van der Waals surface area (Å²) in [5.41, 5.74) is 3.64. The Morgan fingerprint density at radius 1 is 1.19 bits per heavy atom. The third-order valence-electron chi connectivity index (χ3n) is 8.18. The van der Waals surface area contributed by atoms with Gasteiger partial charge in [-0.3, -0.25) is 14.8 Å². The summed E-state index contributed by atoms with van der Waals surface area (Å²) in [6.07, 6.45) is 5.91. The molecular formula is C30H33N7O4S. The number of esters is 1. The third kappa shape index (κ3) is 5.25. The van der Waals surface area contributed by atoms with Crippen molar-refractivity contribution in [3.8, 4) is 11.4 Å². The van der Waals surface area contributed by atoms with E-state index in [9.17, 15) is 9.59 Å². The normalized spacial score (nSPS) is 21.9. The molecule has 11 nitrogen and oxygen atoms in total. The molecule has 1 amide bonds. The van der Waals surface area contributed by atoms with Gasteiger partial charge in [-0.25, -0.2) is 14.8 Å². The first kappa shape index (κ1) is 27.0. The van der Waals surface area contributed by atoms with E-state index >= 15 is 0 Å². The maximum absolute atomic E-state index is 12.7. The summed E-state index contributed by atoms with van der Waals surface area (Å²) in [5.74, 6) is 1.15. The van der Waals surface area contributed by atoms with Crippen molar-refractivity contribution in [3.63, 3.8) is 0 Å². The van der Waals surface area contributed by atoms with Gasteiger partial charge in [0.25, 0.3) is 0 Å². The molecule has 2 fully saturated rings. The van der Waals surface area contributed by atoms with Crippen molar-refractivity contribution in [2.75, 3.05) is 44.3 Å². The lowest BCUT2D eigenvalue weighted by molar-refractivity contribution is -0.175. The highest BCUT2D eigenvalue weighted by Gasteiger charge is 2.40. The highest BCUT2D eigenvalue weighted by atomic mass is 32.1. The number of aromatic nitrogens is 4. The Morgan fingerprint density at radius 2 is 2.07 bits per heavy atom. The van der Waals surface area contributed by atoms with E-state index in [1.165, 1.54) is 4.88 Å². The second-order valence-electron chi connectivity index (χ2n) is 11.0. The molecule has 4 aromatic rings. The van der Waals surface area contributed by atoms with E-state index in [1.807, 2.05) is 24.4 Å². The molecule has 2 N–H and O–H groups in total. The number of cyclic esters (lactones) is 1. The Kier molecular flexibility index (Phi) is 7.34. The molecule has 3 aromatic heterocycles. The molecule has 0 aliphatic carbocycles. The van der Waals surface area contributed by atoms with Gasteiger partial charge in [0.1, 0.15) is 6.10 Å². The van der Waals surface area contributed by atoms with E-state index in [0.717, 1.165) is 83.6 Å². The smallest absolute Gasteiger partial charge is 0.332 e. The van der Waals surface area contributed by atoms with Crippen molar-refractivity contribution in [1.82, 2.24) is 30.4 Å². The molecule has 3 aliphatic heterocycles. The van der Waals surface area contributed by atoms with Crippen LogP contribution in [0.1, 0.15) is 31.1 Å². The van der Waals surface area contributed by atoms with Crippen LogP contribution >= 0.6 is 11.3 Å². The minimum absolute atomic E-state index is 0.155. The number of fused-ring (bicyclic) bond motifs is 2. The summed E-state index contributed by atoms with van der Waals surface area (Å²) in [6.45, 7) is 7.30. The zero-order chi connectivity index (χ0) is 28.6. The number of thiophene rings is 1. The summed E-state index contributed by atoms with van der Waals surface area (Å²) in [5, 5.41) is 11.1. The summed E-state index contributed by atoms with van der Waals surface area (Å²) in [7, 11) is 0. The molecule has 1 aromatic carbocycles. The number of nitrogens with one attached hydrogen (secondary N) is 2. The number of hydrogen-bond donors (Lipinski definition) is 2. The van der Waals surface area contributed by atoms with Gasteiger partial charge in [0.2, 0.25) is 5.91 Å². The maximum Gasteiger partial charge on any atom is 0.332 e. The fourth-order valence-electron chi connectivity index (χ4n) is 5.88. The molecule has 218 valence electrons. The van der Waals surface area contributed by atoms with E-state index < -0.39 is 6.04 Å². The summed E-state index contributed by atoms with van der Waals surface area (Å²) in [4.78, 5) is 40.5. The Labute approximate surface area is 246 Å². The average Bonchev–Trinajstić information content (AvgIpc) is 3.64. The molecule has 0 spiro atoms. The molecule has 0 radical (unpaired) electrons. The summed E-state index contributed by atoms with van der Waals surface area (Å²) in [6, 6.07) is 7.73. The first-order valence-electron chi connectivity index (χ1n) is 14.5. The van der Waals surface area contributed by atoms with Crippen molar-refractivity contribution in [3.05, 3.63) is 47.0 Å². The number of carbonyl (C=O) groups excluding carboxylic acids is 2. The number of anilines is 1. The van der Waals surface area contributed by atoms with E-state index in [4.69, 9.17) is 19.4 Å². The van der Waals surface area contributed by atoms with Crippen LogP contribution in [0.5, 0.6) is 0 Å². The number of nitrogens with zero attached hydrogens (tertiary/aromatic N) is 5. The minimum atomic E-state index is -0.535. The van der Waals surface area contributed by atoms with E-state index in [2.05, 4.69) is 37.4 Å². The number of benzene rings is 1. The van der Waals surface area contributed by atoms with Crippen molar-refractivity contribution < 1.29 is 19.1 Å². The van der Waals surface area contributed by atoms with Gasteiger partial charge >= 0.3 is 5.97 Å². The molecule has 0 saturated carbocycles. The number of morpholine rings is 1. The third-order valence-corrected chi connectivity index (χ3v) is 9.29. The molecule has 3 aliphatic rings. The van der Waals surface area contributed by atoms with Gasteiger partial charge in [-0.2, -0.15) is 5.10 Å². The second-order valence-corrected chi connectivity index (χ2v) is 12.2. The standard InChI is InChI=1S/C30H33N7O4S/c1-18-25(30(39)41-18)33-29(38)19-5-3-9-36(10-4-6-19)17-20-15-24-26(42-20)28(37-11-13-40-14-12-37)34-27(32-24)21-7-2-8-23-22(21)16-31-35-23/h2,5,7-8,15-16,18,25H,3-4,6,9-14,17H2,1H3,(H,31,35)(H,33,38). The van der Waals surface area contributed by atoms with Crippen molar-refractivity contribution >= 4 is 50.2 Å². The monoisotopic (exact) mass is 587 g/mol. The Morgan fingerprint density at radius 3 is 2.90 bits per heavy atom. The van der Waals surface area contributed by atoms with Crippen molar-refractivity contribution in [2.24, 2.45) is 0 Å². The van der Waals surface area contributed by atoms with Crippen LogP contribution in [0.3, 0.4) is 0 Å². The molecule has 6 heterocycles. The van der Waals surface area contributed by atoms with Crippen LogP contribution in [-0.2, 0) is 25.6 Å². The van der Waals surface area contributed by atoms with Gasteiger partial charge in [-0.05, 0) is 44.9 Å². The number of amides is 1. The fourth-order valence-corrected chi connectivity index (χ4v) is 7.04. The molecule has 0 bridgehead atoms. The van der Waals surface area contributed by atoms with Gasteiger partial charge < -0.3 is 19.7 Å². The SMILES string of the molecule is CC1OC(=O)C1NC(=O)C1=CCCN(Cc2cc3nc(-c4cccc5[nH]ncc45)nc(N4CCOCC4)c3s2)CCC1. The predicted molar refractivity (Wildman–Crippen MR) is 160 cm³/mol. The molecule has 2 saturated heterocycles. The molecule has 42 heavy (non-hydrogen) atoms. The van der Waals surface area contributed by atoms with E-state index in [0.29, 0.717) is 25.5 Å².